The molecule has 0 radical (unpaired) electrons. The molecule has 44 heavy (non-hydrogen) atoms. The number of halogens is 6. The monoisotopic (exact) mass is 624 g/mol. The number of esters is 1. The van der Waals surface area contributed by atoms with Crippen LogP contribution in [0.2, 0.25) is 0 Å². The highest BCUT2D eigenvalue weighted by Crippen LogP contribution is 2.50. The first-order chi connectivity index (χ1) is 20.7. The lowest BCUT2D eigenvalue weighted by Gasteiger charge is -2.41. The number of aromatic nitrogens is 1. The average Bonchev–Trinajstić information content (AvgIpc) is 2.96. The summed E-state index contributed by atoms with van der Waals surface area (Å²) in [4.78, 5) is 21.0. The van der Waals surface area contributed by atoms with Gasteiger partial charge in [0.25, 0.3) is 5.60 Å². The summed E-state index contributed by atoms with van der Waals surface area (Å²) >= 11 is 0. The van der Waals surface area contributed by atoms with Gasteiger partial charge in [0.15, 0.2) is 0 Å². The molecule has 13 heteroatoms. The van der Waals surface area contributed by atoms with E-state index in [9.17, 15) is 36.2 Å². The first-order valence-electron chi connectivity index (χ1n) is 14.0. The van der Waals surface area contributed by atoms with Gasteiger partial charge in [-0.15, -0.1) is 0 Å². The molecule has 0 saturated carbocycles. The third-order valence-corrected chi connectivity index (χ3v) is 7.74. The van der Waals surface area contributed by atoms with Crippen molar-refractivity contribution >= 4 is 5.97 Å². The average molecular weight is 625 g/mol. The Hall–Kier alpha value is -3.52. The number of carbonyl (C=O) groups excluding carboxylic acids is 1. The van der Waals surface area contributed by atoms with Gasteiger partial charge in [-0.1, -0.05) is 42.5 Å². The van der Waals surface area contributed by atoms with Crippen LogP contribution in [0.1, 0.15) is 28.7 Å². The quantitative estimate of drug-likeness (QED) is 0.244. The second kappa shape index (κ2) is 13.6. The lowest BCUT2D eigenvalue weighted by molar-refractivity contribution is -0.376. The second-order valence-corrected chi connectivity index (χ2v) is 10.9. The van der Waals surface area contributed by atoms with E-state index in [2.05, 4.69) is 14.8 Å². The van der Waals surface area contributed by atoms with Gasteiger partial charge in [-0.25, -0.2) is 0 Å². The second-order valence-electron chi connectivity index (χ2n) is 10.9. The molecule has 238 valence electrons. The Labute approximate surface area is 251 Å². The summed E-state index contributed by atoms with van der Waals surface area (Å²) in [6.45, 7) is 5.48. The highest BCUT2D eigenvalue weighted by molar-refractivity contribution is 5.70. The number of nitrogens with two attached hydrogens (primary N) is 1. The molecule has 2 aromatic carbocycles. The van der Waals surface area contributed by atoms with E-state index in [-0.39, 0.29) is 31.6 Å². The van der Waals surface area contributed by atoms with Crippen LogP contribution in [-0.4, -0.2) is 77.0 Å². The maximum absolute atomic E-state index is 13.3. The molecule has 0 aliphatic carbocycles. The molecular formula is C31H34F6N4O3. The predicted molar refractivity (Wildman–Crippen MR) is 151 cm³/mol. The van der Waals surface area contributed by atoms with E-state index in [1.165, 1.54) is 0 Å². The van der Waals surface area contributed by atoms with E-state index in [1.807, 2.05) is 24.3 Å². The number of nitrogens with zero attached hydrogens (tertiary/aromatic N) is 3. The Bertz CT molecular complexity index is 1390. The normalized spacial score (nSPS) is 17.1. The summed E-state index contributed by atoms with van der Waals surface area (Å²) in [5, 5.41) is 9.67. The van der Waals surface area contributed by atoms with Crippen LogP contribution >= 0.6 is 0 Å². The Morgan fingerprint density at radius 3 is 2.20 bits per heavy atom. The van der Waals surface area contributed by atoms with Crippen molar-refractivity contribution in [2.75, 3.05) is 32.8 Å². The van der Waals surface area contributed by atoms with Crippen molar-refractivity contribution in [1.82, 2.24) is 14.8 Å². The van der Waals surface area contributed by atoms with E-state index in [0.29, 0.717) is 49.4 Å². The van der Waals surface area contributed by atoms with Crippen molar-refractivity contribution in [2.24, 2.45) is 5.73 Å². The van der Waals surface area contributed by atoms with E-state index in [0.717, 1.165) is 35.4 Å². The van der Waals surface area contributed by atoms with Crippen LogP contribution in [-0.2, 0) is 28.2 Å². The molecule has 0 bridgehead atoms. The number of alkyl halides is 6. The van der Waals surface area contributed by atoms with E-state index < -0.39 is 23.5 Å². The smallest absolute Gasteiger partial charge is 0.430 e. The summed E-state index contributed by atoms with van der Waals surface area (Å²) in [6, 6.07) is 12.9. The largest absolute Gasteiger partial charge is 0.464 e. The molecule has 0 amide bonds. The Morgan fingerprint density at radius 1 is 0.955 bits per heavy atom. The zero-order chi connectivity index (χ0) is 32.1. The summed E-state index contributed by atoms with van der Waals surface area (Å²) in [5.41, 5.74) is 3.04. The van der Waals surface area contributed by atoms with Gasteiger partial charge >= 0.3 is 18.3 Å². The molecule has 0 spiro atoms. The zero-order valence-corrected chi connectivity index (χ0v) is 24.0. The number of hydrogen-bond donors (Lipinski definition) is 2. The number of carbonyl (C=O) groups is 1. The first-order valence-corrected chi connectivity index (χ1v) is 14.0. The van der Waals surface area contributed by atoms with Gasteiger partial charge in [0, 0.05) is 63.3 Å². The Balaban J connectivity index is 1.47. The molecule has 4 rings (SSSR count). The third kappa shape index (κ3) is 7.57. The maximum Gasteiger partial charge on any atom is 0.430 e. The van der Waals surface area contributed by atoms with E-state index in [4.69, 9.17) is 10.5 Å². The first kappa shape index (κ1) is 33.4. The van der Waals surface area contributed by atoms with Crippen molar-refractivity contribution in [3.05, 3.63) is 89.2 Å². The number of benzene rings is 2. The molecule has 7 nitrogen and oxygen atoms in total. The molecule has 1 atom stereocenters. The molecule has 0 unspecified atom stereocenters. The molecule has 2 heterocycles. The van der Waals surface area contributed by atoms with Gasteiger partial charge in [-0.2, -0.15) is 26.3 Å². The fourth-order valence-corrected chi connectivity index (χ4v) is 5.43. The summed E-state index contributed by atoms with van der Waals surface area (Å²) in [5.74, 6) is -0.322. The van der Waals surface area contributed by atoms with Crippen LogP contribution in [0.3, 0.4) is 0 Å². The highest BCUT2D eigenvalue weighted by atomic mass is 19.4. The molecular weight excluding hydrogens is 590 g/mol. The van der Waals surface area contributed by atoms with Crippen molar-refractivity contribution in [2.45, 2.75) is 50.4 Å². The van der Waals surface area contributed by atoms with Crippen LogP contribution in [0.4, 0.5) is 26.3 Å². The van der Waals surface area contributed by atoms with Crippen molar-refractivity contribution in [3.63, 3.8) is 0 Å². The summed E-state index contributed by atoms with van der Waals surface area (Å²) in [7, 11) is 0. The minimum absolute atomic E-state index is 0.104. The fraction of sp³-hybridized carbons (Fsp3) is 0.419. The van der Waals surface area contributed by atoms with Gasteiger partial charge in [0.2, 0.25) is 0 Å². The van der Waals surface area contributed by atoms with Crippen molar-refractivity contribution in [3.8, 4) is 11.1 Å². The Kier molecular flexibility index (Phi) is 10.3. The molecule has 1 aliphatic heterocycles. The summed E-state index contributed by atoms with van der Waals surface area (Å²) < 4.78 is 84.8. The van der Waals surface area contributed by atoms with Crippen molar-refractivity contribution in [1.29, 1.82) is 0 Å². The topological polar surface area (TPSA) is 91.9 Å². The minimum Gasteiger partial charge on any atom is -0.464 e. The molecule has 1 aromatic heterocycles. The molecule has 1 aliphatic rings. The number of aryl methyl sites for hydroxylation is 1. The predicted octanol–water partition coefficient (Wildman–Crippen LogP) is 4.95. The van der Waals surface area contributed by atoms with Crippen LogP contribution in [0, 0.1) is 6.92 Å². The van der Waals surface area contributed by atoms with E-state index in [1.54, 1.807) is 25.4 Å². The van der Waals surface area contributed by atoms with Crippen molar-refractivity contribution < 1.29 is 41.0 Å². The van der Waals surface area contributed by atoms with Gasteiger partial charge < -0.3 is 15.6 Å². The highest BCUT2D eigenvalue weighted by Gasteiger charge is 2.71. The van der Waals surface area contributed by atoms with Gasteiger partial charge in [0.1, 0.15) is 6.61 Å². The van der Waals surface area contributed by atoms with Crippen LogP contribution in [0.5, 0.6) is 0 Å². The molecule has 3 aromatic rings. The summed E-state index contributed by atoms with van der Waals surface area (Å²) in [6.07, 6.45) is -8.24. The van der Waals surface area contributed by atoms with Gasteiger partial charge in [0.05, 0.1) is 6.42 Å². The lowest BCUT2D eigenvalue weighted by Crippen LogP contribution is -2.53. The number of ether oxygens (including phenoxy) is 1. The zero-order valence-electron chi connectivity index (χ0n) is 24.0. The van der Waals surface area contributed by atoms with Gasteiger partial charge in [-0.3, -0.25) is 19.6 Å². The fourth-order valence-electron chi connectivity index (χ4n) is 5.43. The van der Waals surface area contributed by atoms with Crippen LogP contribution in [0.15, 0.2) is 67.0 Å². The standard InChI is InChI=1S/C31H34F6N4O3/c1-21-16-23(2-7-27(21)24-3-5-25(6-4-24)29(43,30(32,33)34)31(35,36)37)18-40-13-14-41(19-22-8-11-39-12-9-22)26(20-40)17-28(42)44-15-10-38/h2-9,11-12,16,26,43H,10,13-15,17-20,38H2,1H3/t26-/m0/s1. The molecule has 1 saturated heterocycles. The molecule has 3 N–H and O–H groups in total. The Morgan fingerprint density at radius 2 is 1.61 bits per heavy atom. The minimum atomic E-state index is -5.95. The lowest BCUT2D eigenvalue weighted by atomic mass is 9.90. The third-order valence-electron chi connectivity index (χ3n) is 7.74. The SMILES string of the molecule is Cc1cc(CN2CCN(Cc3ccncc3)[C@@H](CC(=O)OCCN)C2)ccc1-c1ccc(C(O)(C(F)(F)F)C(F)(F)F)cc1. The maximum atomic E-state index is 13.3. The number of pyridine rings is 1. The number of aliphatic hydroxyl groups is 1. The van der Waals surface area contributed by atoms with Gasteiger partial charge in [-0.05, 0) is 46.9 Å². The van der Waals surface area contributed by atoms with Crippen LogP contribution in [0.25, 0.3) is 11.1 Å². The molecule has 1 fully saturated rings. The van der Waals surface area contributed by atoms with E-state index >= 15 is 0 Å². The number of hydrogen-bond acceptors (Lipinski definition) is 7. The van der Waals surface area contributed by atoms with Crippen LogP contribution < -0.4 is 5.73 Å². The number of rotatable bonds is 10. The number of piperazine rings is 1.